The lowest BCUT2D eigenvalue weighted by Gasteiger charge is -2.12. The van der Waals surface area contributed by atoms with Crippen LogP contribution in [0.3, 0.4) is 0 Å². The van der Waals surface area contributed by atoms with Crippen LogP contribution in [0.1, 0.15) is 27.3 Å². The third kappa shape index (κ3) is 5.31. The van der Waals surface area contributed by atoms with Gasteiger partial charge in [-0.2, -0.15) is 0 Å². The first-order valence-corrected chi connectivity index (χ1v) is 7.97. The number of hydrogen-bond acceptors (Lipinski definition) is 5. The Hall–Kier alpha value is -2.47. The van der Waals surface area contributed by atoms with Gasteiger partial charge in [0.2, 0.25) is 5.95 Å². The van der Waals surface area contributed by atoms with Gasteiger partial charge in [0.15, 0.2) is 0 Å². The molecule has 0 aliphatic carbocycles. The summed E-state index contributed by atoms with van der Waals surface area (Å²) in [4.78, 5) is 23.2. The maximum Gasteiger partial charge on any atom is 0.274 e. The highest BCUT2D eigenvalue weighted by molar-refractivity contribution is 6.03. The fraction of sp³-hybridized carbons (Fsp3) is 0.389. The van der Waals surface area contributed by atoms with Gasteiger partial charge in [-0.25, -0.2) is 9.97 Å². The molecule has 1 amide bonds. The smallest absolute Gasteiger partial charge is 0.274 e. The average Bonchev–Trinajstić information content (AvgIpc) is 2.45. The molecule has 24 heavy (non-hydrogen) atoms. The van der Waals surface area contributed by atoms with Gasteiger partial charge in [0.1, 0.15) is 5.69 Å². The van der Waals surface area contributed by atoms with Crippen LogP contribution in [0.2, 0.25) is 0 Å². The van der Waals surface area contributed by atoms with Crippen molar-refractivity contribution in [2.75, 3.05) is 37.8 Å². The second-order valence-corrected chi connectivity index (χ2v) is 6.28. The van der Waals surface area contributed by atoms with Gasteiger partial charge >= 0.3 is 0 Å². The largest absolute Gasteiger partial charge is 0.353 e. The number of hydrogen-bond donors (Lipinski definition) is 2. The highest BCUT2D eigenvalue weighted by Gasteiger charge is 2.11. The summed E-state index contributed by atoms with van der Waals surface area (Å²) >= 11 is 0. The van der Waals surface area contributed by atoms with Crippen molar-refractivity contribution in [2.24, 2.45) is 0 Å². The molecular formula is C18H25N5O. The quantitative estimate of drug-likeness (QED) is 0.853. The number of likely N-dealkylation sites (N-methyl/N-ethyl adjacent to an activating group) is 1. The Kier molecular flexibility index (Phi) is 5.87. The molecule has 0 atom stereocenters. The summed E-state index contributed by atoms with van der Waals surface area (Å²) in [5.74, 6) is 0.239. The van der Waals surface area contributed by atoms with Crippen molar-refractivity contribution in [3.8, 4) is 0 Å². The van der Waals surface area contributed by atoms with Crippen molar-refractivity contribution in [3.63, 3.8) is 0 Å². The van der Waals surface area contributed by atoms with E-state index in [0.717, 1.165) is 29.1 Å². The van der Waals surface area contributed by atoms with E-state index in [2.05, 4.69) is 31.6 Å². The zero-order chi connectivity index (χ0) is 17.7. The van der Waals surface area contributed by atoms with Crippen molar-refractivity contribution < 1.29 is 4.79 Å². The number of carbonyl (C=O) groups excluding carboxylic acids is 1. The number of amides is 1. The van der Waals surface area contributed by atoms with Gasteiger partial charge in [-0.05, 0) is 64.2 Å². The average molecular weight is 327 g/mol. The van der Waals surface area contributed by atoms with Gasteiger partial charge in [-0.15, -0.1) is 0 Å². The van der Waals surface area contributed by atoms with E-state index in [-0.39, 0.29) is 5.91 Å². The van der Waals surface area contributed by atoms with Crippen LogP contribution >= 0.6 is 0 Å². The molecule has 0 spiro atoms. The molecule has 6 heteroatoms. The summed E-state index contributed by atoms with van der Waals surface area (Å²) < 4.78 is 0. The minimum absolute atomic E-state index is 0.235. The Bertz CT molecular complexity index is 707. The molecule has 2 N–H and O–H groups in total. The minimum atomic E-state index is -0.235. The van der Waals surface area contributed by atoms with Gasteiger partial charge in [0.25, 0.3) is 5.91 Å². The molecule has 1 heterocycles. The SMILES string of the molecule is Cc1cc(C)cc(NC(=O)c2cc(C)nc(NCCN(C)C)n2)c1. The number of aryl methyl sites for hydroxylation is 3. The summed E-state index contributed by atoms with van der Waals surface area (Å²) in [7, 11) is 4.00. The summed E-state index contributed by atoms with van der Waals surface area (Å²) in [6, 6.07) is 7.64. The first-order chi connectivity index (χ1) is 11.3. The van der Waals surface area contributed by atoms with Crippen molar-refractivity contribution in [1.29, 1.82) is 0 Å². The molecule has 0 fully saturated rings. The third-order valence-electron chi connectivity index (χ3n) is 3.41. The zero-order valence-electron chi connectivity index (χ0n) is 15.0. The van der Waals surface area contributed by atoms with E-state index in [0.29, 0.717) is 18.2 Å². The predicted octanol–water partition coefficient (Wildman–Crippen LogP) is 2.63. The second kappa shape index (κ2) is 7.88. The van der Waals surface area contributed by atoms with Crippen LogP contribution in [0.5, 0.6) is 0 Å². The van der Waals surface area contributed by atoms with E-state index in [1.54, 1.807) is 6.07 Å². The van der Waals surface area contributed by atoms with Crippen LogP contribution in [0.15, 0.2) is 24.3 Å². The Morgan fingerprint density at radius 1 is 1.04 bits per heavy atom. The number of anilines is 2. The lowest BCUT2D eigenvalue weighted by molar-refractivity contribution is 0.102. The number of aromatic nitrogens is 2. The number of rotatable bonds is 6. The van der Waals surface area contributed by atoms with Gasteiger partial charge in [0, 0.05) is 24.5 Å². The van der Waals surface area contributed by atoms with E-state index in [1.807, 2.05) is 47.0 Å². The molecular weight excluding hydrogens is 302 g/mol. The van der Waals surface area contributed by atoms with Crippen LogP contribution in [0.25, 0.3) is 0 Å². The molecule has 0 saturated carbocycles. The number of carbonyl (C=O) groups is 1. The topological polar surface area (TPSA) is 70.2 Å². The summed E-state index contributed by atoms with van der Waals surface area (Å²) in [5, 5.41) is 6.05. The van der Waals surface area contributed by atoms with Gasteiger partial charge in [0.05, 0.1) is 0 Å². The summed E-state index contributed by atoms with van der Waals surface area (Å²) in [6.45, 7) is 7.44. The first-order valence-electron chi connectivity index (χ1n) is 7.97. The van der Waals surface area contributed by atoms with E-state index in [1.165, 1.54) is 0 Å². The highest BCUT2D eigenvalue weighted by atomic mass is 16.1. The standard InChI is InChI=1S/C18H25N5O/c1-12-8-13(2)10-15(9-12)21-17(24)16-11-14(3)20-18(22-16)19-6-7-23(4)5/h8-11H,6-7H2,1-5H3,(H,21,24)(H,19,20,22). The second-order valence-electron chi connectivity index (χ2n) is 6.28. The van der Waals surface area contributed by atoms with Crippen LogP contribution in [-0.4, -0.2) is 48.0 Å². The molecule has 0 saturated heterocycles. The molecule has 0 aliphatic heterocycles. The van der Waals surface area contributed by atoms with Gasteiger partial charge < -0.3 is 15.5 Å². The molecule has 0 aliphatic rings. The van der Waals surface area contributed by atoms with Crippen LogP contribution in [0.4, 0.5) is 11.6 Å². The third-order valence-corrected chi connectivity index (χ3v) is 3.41. The molecule has 6 nitrogen and oxygen atoms in total. The molecule has 128 valence electrons. The molecule has 0 radical (unpaired) electrons. The first kappa shape index (κ1) is 17.9. The molecule has 1 aromatic heterocycles. The fourth-order valence-corrected chi connectivity index (χ4v) is 2.40. The Morgan fingerprint density at radius 2 is 1.71 bits per heavy atom. The number of nitrogens with one attached hydrogen (secondary N) is 2. The highest BCUT2D eigenvalue weighted by Crippen LogP contribution is 2.15. The monoisotopic (exact) mass is 327 g/mol. The Labute approximate surface area is 143 Å². The molecule has 1 aromatic carbocycles. The number of nitrogens with zero attached hydrogens (tertiary/aromatic N) is 3. The van der Waals surface area contributed by atoms with E-state index in [4.69, 9.17) is 0 Å². The van der Waals surface area contributed by atoms with Crippen LogP contribution in [0, 0.1) is 20.8 Å². The van der Waals surface area contributed by atoms with E-state index < -0.39 is 0 Å². The molecule has 2 rings (SSSR count). The predicted molar refractivity (Wildman–Crippen MR) is 97.7 cm³/mol. The lowest BCUT2D eigenvalue weighted by Crippen LogP contribution is -2.22. The van der Waals surface area contributed by atoms with Crippen molar-refractivity contribution in [3.05, 3.63) is 46.8 Å². The van der Waals surface area contributed by atoms with Crippen molar-refractivity contribution >= 4 is 17.5 Å². The van der Waals surface area contributed by atoms with Crippen molar-refractivity contribution in [2.45, 2.75) is 20.8 Å². The Morgan fingerprint density at radius 3 is 2.33 bits per heavy atom. The maximum absolute atomic E-state index is 12.5. The minimum Gasteiger partial charge on any atom is -0.353 e. The summed E-state index contributed by atoms with van der Waals surface area (Å²) in [6.07, 6.45) is 0. The van der Waals surface area contributed by atoms with E-state index >= 15 is 0 Å². The van der Waals surface area contributed by atoms with Crippen molar-refractivity contribution in [1.82, 2.24) is 14.9 Å². The van der Waals surface area contributed by atoms with Gasteiger partial charge in [-0.3, -0.25) is 4.79 Å². The molecule has 0 unspecified atom stereocenters. The molecule has 0 bridgehead atoms. The Balaban J connectivity index is 2.12. The lowest BCUT2D eigenvalue weighted by atomic mass is 10.1. The normalized spacial score (nSPS) is 10.8. The van der Waals surface area contributed by atoms with E-state index in [9.17, 15) is 4.79 Å². The summed E-state index contributed by atoms with van der Waals surface area (Å²) in [5.41, 5.74) is 4.10. The van der Waals surface area contributed by atoms with Crippen LogP contribution in [-0.2, 0) is 0 Å². The maximum atomic E-state index is 12.5. The zero-order valence-corrected chi connectivity index (χ0v) is 15.0. The van der Waals surface area contributed by atoms with Crippen LogP contribution < -0.4 is 10.6 Å². The van der Waals surface area contributed by atoms with Gasteiger partial charge in [-0.1, -0.05) is 6.07 Å². The molecule has 2 aromatic rings. The fourth-order valence-electron chi connectivity index (χ4n) is 2.40. The number of benzene rings is 1.